The zero-order valence-electron chi connectivity index (χ0n) is 12.8. The minimum absolute atomic E-state index is 0.432. The average Bonchev–Trinajstić information content (AvgIpc) is 2.93. The molecule has 1 aliphatic heterocycles. The van der Waals surface area contributed by atoms with Gasteiger partial charge in [-0.2, -0.15) is 0 Å². The summed E-state index contributed by atoms with van der Waals surface area (Å²) in [5.74, 6) is 0.590. The maximum atomic E-state index is 3.92. The Balaban J connectivity index is 1.86. The highest BCUT2D eigenvalue weighted by molar-refractivity contribution is 7.10. The van der Waals surface area contributed by atoms with E-state index in [2.05, 4.69) is 66.3 Å². The zero-order chi connectivity index (χ0) is 14.7. The lowest BCUT2D eigenvalue weighted by atomic mass is 9.95. The maximum Gasteiger partial charge on any atom is 0.0442 e. The predicted molar refractivity (Wildman–Crippen MR) is 90.5 cm³/mol. The third-order valence-corrected chi connectivity index (χ3v) is 5.21. The summed E-state index contributed by atoms with van der Waals surface area (Å²) in [6.07, 6.45) is 1.14. The molecule has 2 nitrogen and oxygen atoms in total. The summed E-state index contributed by atoms with van der Waals surface area (Å²) < 4.78 is 0. The molecule has 0 aliphatic carbocycles. The fourth-order valence-electron chi connectivity index (χ4n) is 3.12. The number of benzene rings is 1. The monoisotopic (exact) mass is 300 g/mol. The Morgan fingerprint density at radius 1 is 1.19 bits per heavy atom. The Labute approximate surface area is 131 Å². The molecule has 2 heterocycles. The molecule has 1 aliphatic rings. The Hall–Kier alpha value is -1.16. The Bertz CT molecular complexity index is 562. The standard InChI is InChI=1S/C18H24N2S/c1-13(2)18(17-8-5-11-21-17)20-16-9-10-19-12-14-6-3-4-7-15(14)16/h3-8,11,13,16,18-20H,9-10,12H2,1-2H3. The summed E-state index contributed by atoms with van der Waals surface area (Å²) in [5, 5.41) is 9.63. The minimum Gasteiger partial charge on any atom is -0.313 e. The molecule has 2 N–H and O–H groups in total. The number of rotatable bonds is 4. The Kier molecular flexibility index (Phi) is 4.73. The molecule has 0 saturated heterocycles. The second-order valence-corrected chi connectivity index (χ2v) is 7.10. The first-order chi connectivity index (χ1) is 10.3. The van der Waals surface area contributed by atoms with Crippen molar-refractivity contribution in [1.29, 1.82) is 0 Å². The molecule has 0 bridgehead atoms. The molecular weight excluding hydrogens is 276 g/mol. The second kappa shape index (κ2) is 6.73. The van der Waals surface area contributed by atoms with Gasteiger partial charge in [-0.15, -0.1) is 11.3 Å². The first kappa shape index (κ1) is 14.8. The molecule has 3 rings (SSSR count). The average molecular weight is 300 g/mol. The lowest BCUT2D eigenvalue weighted by molar-refractivity contribution is 0.356. The number of nitrogens with one attached hydrogen (secondary N) is 2. The van der Waals surface area contributed by atoms with E-state index in [9.17, 15) is 0 Å². The molecule has 0 saturated carbocycles. The van der Waals surface area contributed by atoms with Gasteiger partial charge in [-0.3, -0.25) is 0 Å². The van der Waals surface area contributed by atoms with Gasteiger partial charge in [0.25, 0.3) is 0 Å². The van der Waals surface area contributed by atoms with Crippen molar-refractivity contribution in [3.8, 4) is 0 Å². The van der Waals surface area contributed by atoms with Crippen LogP contribution in [0.5, 0.6) is 0 Å². The van der Waals surface area contributed by atoms with E-state index in [0.717, 1.165) is 19.5 Å². The summed E-state index contributed by atoms with van der Waals surface area (Å²) >= 11 is 1.86. The summed E-state index contributed by atoms with van der Waals surface area (Å²) in [7, 11) is 0. The zero-order valence-corrected chi connectivity index (χ0v) is 13.6. The summed E-state index contributed by atoms with van der Waals surface area (Å²) in [5.41, 5.74) is 2.89. The molecule has 0 amide bonds. The van der Waals surface area contributed by atoms with E-state index < -0.39 is 0 Å². The highest BCUT2D eigenvalue weighted by atomic mass is 32.1. The van der Waals surface area contributed by atoms with Crippen molar-refractivity contribution < 1.29 is 0 Å². The molecule has 21 heavy (non-hydrogen) atoms. The van der Waals surface area contributed by atoms with Gasteiger partial charge in [0.1, 0.15) is 0 Å². The van der Waals surface area contributed by atoms with Gasteiger partial charge >= 0.3 is 0 Å². The largest absolute Gasteiger partial charge is 0.313 e. The van der Waals surface area contributed by atoms with Crippen LogP contribution in [0.3, 0.4) is 0 Å². The normalized spacial score (nSPS) is 20.0. The van der Waals surface area contributed by atoms with E-state index >= 15 is 0 Å². The van der Waals surface area contributed by atoms with Crippen LogP contribution in [0.15, 0.2) is 41.8 Å². The molecule has 1 aromatic heterocycles. The van der Waals surface area contributed by atoms with Crippen LogP contribution < -0.4 is 10.6 Å². The first-order valence-electron chi connectivity index (χ1n) is 7.83. The summed E-state index contributed by atoms with van der Waals surface area (Å²) in [6, 6.07) is 14.1. The van der Waals surface area contributed by atoms with Crippen LogP contribution >= 0.6 is 11.3 Å². The molecule has 1 aromatic carbocycles. The van der Waals surface area contributed by atoms with E-state index in [0.29, 0.717) is 18.0 Å². The van der Waals surface area contributed by atoms with Gasteiger partial charge in [-0.25, -0.2) is 0 Å². The molecule has 2 atom stereocenters. The lowest BCUT2D eigenvalue weighted by Gasteiger charge is -2.28. The van der Waals surface area contributed by atoms with Crippen LogP contribution in [-0.4, -0.2) is 6.54 Å². The van der Waals surface area contributed by atoms with E-state index in [1.54, 1.807) is 0 Å². The number of hydrogen-bond acceptors (Lipinski definition) is 3. The minimum atomic E-state index is 0.432. The van der Waals surface area contributed by atoms with Crippen molar-refractivity contribution in [2.75, 3.05) is 6.54 Å². The second-order valence-electron chi connectivity index (χ2n) is 6.12. The Morgan fingerprint density at radius 2 is 2.05 bits per heavy atom. The summed E-state index contributed by atoms with van der Waals surface area (Å²) in [6.45, 7) is 6.66. The molecule has 112 valence electrons. The van der Waals surface area contributed by atoms with Crippen LogP contribution in [0.2, 0.25) is 0 Å². The predicted octanol–water partition coefficient (Wildman–Crippen LogP) is 4.27. The van der Waals surface area contributed by atoms with Gasteiger partial charge < -0.3 is 10.6 Å². The molecular formula is C18H24N2S. The topological polar surface area (TPSA) is 24.1 Å². The van der Waals surface area contributed by atoms with Crippen molar-refractivity contribution >= 4 is 11.3 Å². The van der Waals surface area contributed by atoms with Crippen LogP contribution in [0, 0.1) is 5.92 Å². The van der Waals surface area contributed by atoms with Crippen molar-refractivity contribution in [2.24, 2.45) is 5.92 Å². The van der Waals surface area contributed by atoms with Gasteiger partial charge in [0.05, 0.1) is 0 Å². The van der Waals surface area contributed by atoms with E-state index in [-0.39, 0.29) is 0 Å². The molecule has 0 radical (unpaired) electrons. The SMILES string of the molecule is CC(C)C(NC1CCNCc2ccccc21)c1cccs1. The Morgan fingerprint density at radius 3 is 2.81 bits per heavy atom. The van der Waals surface area contributed by atoms with Crippen molar-refractivity contribution in [3.05, 3.63) is 57.8 Å². The van der Waals surface area contributed by atoms with Crippen molar-refractivity contribution in [1.82, 2.24) is 10.6 Å². The fourth-order valence-corrected chi connectivity index (χ4v) is 4.08. The van der Waals surface area contributed by atoms with Gasteiger partial charge in [0, 0.05) is 23.5 Å². The van der Waals surface area contributed by atoms with Crippen molar-refractivity contribution in [3.63, 3.8) is 0 Å². The van der Waals surface area contributed by atoms with Crippen LogP contribution in [0.1, 0.15) is 48.4 Å². The quantitative estimate of drug-likeness (QED) is 0.881. The number of hydrogen-bond donors (Lipinski definition) is 2. The van der Waals surface area contributed by atoms with Crippen LogP contribution in [0.4, 0.5) is 0 Å². The molecule has 3 heteroatoms. The maximum absolute atomic E-state index is 3.92. The molecule has 0 fully saturated rings. The van der Waals surface area contributed by atoms with Crippen molar-refractivity contribution in [2.45, 2.75) is 38.9 Å². The highest BCUT2D eigenvalue weighted by Crippen LogP contribution is 2.31. The first-order valence-corrected chi connectivity index (χ1v) is 8.71. The molecule has 2 unspecified atom stereocenters. The number of thiophene rings is 1. The third-order valence-electron chi connectivity index (χ3n) is 4.25. The van der Waals surface area contributed by atoms with Gasteiger partial charge in [0.2, 0.25) is 0 Å². The van der Waals surface area contributed by atoms with Crippen LogP contribution in [0.25, 0.3) is 0 Å². The summed E-state index contributed by atoms with van der Waals surface area (Å²) in [4.78, 5) is 1.44. The van der Waals surface area contributed by atoms with Gasteiger partial charge in [0.15, 0.2) is 0 Å². The lowest BCUT2D eigenvalue weighted by Crippen LogP contribution is -2.30. The van der Waals surface area contributed by atoms with Crippen LogP contribution in [-0.2, 0) is 6.54 Å². The number of fused-ring (bicyclic) bond motifs is 1. The smallest absolute Gasteiger partial charge is 0.0442 e. The molecule has 2 aromatic rings. The fraction of sp³-hybridized carbons (Fsp3) is 0.444. The van der Waals surface area contributed by atoms with E-state index in [1.165, 1.54) is 16.0 Å². The van der Waals surface area contributed by atoms with Gasteiger partial charge in [-0.1, -0.05) is 44.2 Å². The van der Waals surface area contributed by atoms with E-state index in [1.807, 2.05) is 11.3 Å². The third kappa shape index (κ3) is 3.37. The highest BCUT2D eigenvalue weighted by Gasteiger charge is 2.24. The van der Waals surface area contributed by atoms with E-state index in [4.69, 9.17) is 0 Å². The van der Waals surface area contributed by atoms with Gasteiger partial charge in [-0.05, 0) is 41.5 Å². The molecule has 0 spiro atoms.